The van der Waals surface area contributed by atoms with Gasteiger partial charge in [-0.2, -0.15) is 27.0 Å². The molecule has 0 aromatic carbocycles. The number of aliphatic imine (C=N–C) groups is 1. The van der Waals surface area contributed by atoms with Crippen molar-refractivity contribution in [3.8, 4) is 0 Å². The number of carbonyl (C=O) groups is 6. The number of nitrogens with zero attached hydrogens (tertiary/aromatic N) is 13. The van der Waals surface area contributed by atoms with Crippen LogP contribution in [-0.4, -0.2) is 173 Å². The molecule has 4 amide bonds. The summed E-state index contributed by atoms with van der Waals surface area (Å²) in [5.74, 6) is -6.99. The van der Waals surface area contributed by atoms with Crippen LogP contribution in [0.4, 0.5) is 10.3 Å². The molecule has 0 radical (unpaired) electrons. The zero-order chi connectivity index (χ0) is 54.5. The first-order valence-electron chi connectivity index (χ1n) is 20.0. The third-order valence-electron chi connectivity index (χ3n) is 9.83. The van der Waals surface area contributed by atoms with E-state index in [4.69, 9.17) is 38.3 Å². The number of anilines is 2. The van der Waals surface area contributed by atoms with Crippen molar-refractivity contribution in [3.63, 3.8) is 0 Å². The highest BCUT2D eigenvalue weighted by Crippen LogP contribution is 2.28. The second kappa shape index (κ2) is 21.7. The Labute approximate surface area is 418 Å². The van der Waals surface area contributed by atoms with Crippen LogP contribution in [0.15, 0.2) is 38.7 Å². The second-order valence-electron chi connectivity index (χ2n) is 15.8. The van der Waals surface area contributed by atoms with Crippen molar-refractivity contribution >= 4 is 106 Å². The van der Waals surface area contributed by atoms with E-state index in [-0.39, 0.29) is 74.0 Å². The topological polar surface area (TPSA) is 555 Å². The molecule has 16 N–H and O–H groups in total. The Morgan fingerprint density at radius 2 is 1.11 bits per heavy atom. The van der Waals surface area contributed by atoms with E-state index >= 15 is 0 Å². The minimum absolute atomic E-state index is 0.0487. The Morgan fingerprint density at radius 3 is 1.44 bits per heavy atom. The predicted molar refractivity (Wildman–Crippen MR) is 247 cm³/mol. The summed E-state index contributed by atoms with van der Waals surface area (Å²) in [6.45, 7) is 3.90. The number of hydrogen-bond acceptors (Lipinski definition) is 26. The molecule has 6 heterocycles. The fraction of sp³-hybridized carbons (Fsp3) is 0.424. The van der Waals surface area contributed by atoms with Crippen molar-refractivity contribution in [1.29, 1.82) is 0 Å². The van der Waals surface area contributed by atoms with Crippen LogP contribution in [0.1, 0.15) is 50.7 Å². The molecule has 73 heavy (non-hydrogen) atoms. The van der Waals surface area contributed by atoms with E-state index < -0.39 is 103 Å². The number of thiazole rings is 2. The summed E-state index contributed by atoms with van der Waals surface area (Å²) < 4.78 is 69.0. The molecule has 2 saturated heterocycles. The van der Waals surface area contributed by atoms with Crippen LogP contribution in [0, 0.1) is 0 Å². The van der Waals surface area contributed by atoms with Crippen molar-refractivity contribution < 1.29 is 74.6 Å². The molecule has 2 aliphatic heterocycles. The van der Waals surface area contributed by atoms with Gasteiger partial charge in [0.05, 0.1) is 31.7 Å². The number of guanidine groups is 1. The smallest absolute Gasteiger partial charge is 0.362 e. The van der Waals surface area contributed by atoms with Crippen molar-refractivity contribution in [1.82, 2.24) is 58.7 Å². The number of nitrogens with two attached hydrogens (primary N) is 5. The Bertz CT molecular complexity index is 3100. The Kier molecular flexibility index (Phi) is 16.6. The SMILES string of the molecule is CC(C)(O/N=C(\C(=O)N[C@@H]1C(=O)N(S(=O)(=O)O)[C@@H]1Cn1ncnc1CN)c1csc(N)n1)C(=O)O.CC(C)(O/N=C(\C(=O)N[C@@H]1C(=O)N(S(=O)(=O)O)[C@@H]1Cn1ncnc1CN=C(N)N)c1csc(N)n1)C(=O)O. The fourth-order valence-electron chi connectivity index (χ4n) is 5.98. The molecule has 396 valence electrons. The van der Waals surface area contributed by atoms with Crippen LogP contribution >= 0.6 is 22.7 Å². The van der Waals surface area contributed by atoms with Gasteiger partial charge in [0.25, 0.3) is 23.6 Å². The number of rotatable bonds is 21. The number of carbonyl (C=O) groups excluding carboxylic acids is 4. The molecule has 4 aromatic rings. The summed E-state index contributed by atoms with van der Waals surface area (Å²) in [6.07, 6.45) is 2.29. The maximum Gasteiger partial charge on any atom is 0.362 e. The molecule has 0 unspecified atom stereocenters. The van der Waals surface area contributed by atoms with Gasteiger partial charge in [0.15, 0.2) is 27.6 Å². The van der Waals surface area contributed by atoms with Crippen LogP contribution < -0.4 is 39.3 Å². The van der Waals surface area contributed by atoms with E-state index in [1.54, 1.807) is 0 Å². The van der Waals surface area contributed by atoms with Gasteiger partial charge in [-0.15, -0.1) is 22.7 Å². The molecule has 0 saturated carbocycles. The van der Waals surface area contributed by atoms with Gasteiger partial charge in [0.1, 0.15) is 54.3 Å². The largest absolute Gasteiger partial charge is 0.478 e. The summed E-state index contributed by atoms with van der Waals surface area (Å²) in [4.78, 5) is 103. The molecule has 2 aliphatic rings. The third kappa shape index (κ3) is 13.1. The van der Waals surface area contributed by atoms with Gasteiger partial charge in [-0.05, 0) is 27.7 Å². The number of β-lactam (4-membered cyclic amide) rings is 2. The average Bonchev–Trinajstić information content (AvgIpc) is 4.12. The van der Waals surface area contributed by atoms with Gasteiger partial charge < -0.3 is 59.2 Å². The van der Waals surface area contributed by atoms with E-state index in [1.807, 2.05) is 0 Å². The second-order valence-corrected chi connectivity index (χ2v) is 20.1. The number of oxime groups is 2. The van der Waals surface area contributed by atoms with Gasteiger partial charge in [0, 0.05) is 10.8 Å². The van der Waals surface area contributed by atoms with E-state index in [0.29, 0.717) is 0 Å². The summed E-state index contributed by atoms with van der Waals surface area (Å²) in [6, 6.07) is -5.61. The lowest BCUT2D eigenvalue weighted by Gasteiger charge is -2.44. The van der Waals surface area contributed by atoms with Crippen LogP contribution in [0.25, 0.3) is 0 Å². The Balaban J connectivity index is 0.000000272. The maximum atomic E-state index is 13.1. The first-order valence-corrected chi connectivity index (χ1v) is 24.6. The molecule has 4 atom stereocenters. The van der Waals surface area contributed by atoms with Crippen LogP contribution in [0.5, 0.6) is 0 Å². The number of carboxylic acid groups (broad SMARTS) is 2. The van der Waals surface area contributed by atoms with Crippen LogP contribution in [0.3, 0.4) is 0 Å². The number of carboxylic acids is 2. The summed E-state index contributed by atoms with van der Waals surface area (Å²) in [5, 5.41) is 40.9. The highest BCUT2D eigenvalue weighted by molar-refractivity contribution is 7.84. The van der Waals surface area contributed by atoms with Crippen molar-refractivity contribution in [3.05, 3.63) is 46.5 Å². The van der Waals surface area contributed by atoms with Crippen LogP contribution in [0.2, 0.25) is 0 Å². The summed E-state index contributed by atoms with van der Waals surface area (Å²) in [7, 11) is -10.00. The zero-order valence-corrected chi connectivity index (χ0v) is 41.2. The fourth-order valence-corrected chi connectivity index (χ4v) is 8.82. The molecular weight excluding hydrogens is 1060 g/mol. The molecule has 0 aliphatic carbocycles. The van der Waals surface area contributed by atoms with Gasteiger partial charge >= 0.3 is 32.5 Å². The molecule has 4 aromatic heterocycles. The number of aromatic nitrogens is 8. The molecule has 2 fully saturated rings. The third-order valence-corrected chi connectivity index (χ3v) is 13.1. The van der Waals surface area contributed by atoms with Crippen molar-refractivity contribution in [2.24, 2.45) is 32.5 Å². The first-order chi connectivity index (χ1) is 33.9. The Morgan fingerprint density at radius 1 is 0.726 bits per heavy atom. The van der Waals surface area contributed by atoms with E-state index in [9.17, 15) is 64.9 Å². The number of amides is 4. The molecule has 0 bridgehead atoms. The zero-order valence-electron chi connectivity index (χ0n) is 38.0. The number of nitrogens with one attached hydrogen (secondary N) is 2. The van der Waals surface area contributed by atoms with Crippen LogP contribution in [-0.2, 0) is 85.2 Å². The summed E-state index contributed by atoms with van der Waals surface area (Å²) >= 11 is 1.90. The van der Waals surface area contributed by atoms with Crippen molar-refractivity contribution in [2.45, 2.75) is 89.2 Å². The molecular formula is C33H44N20O16S4. The molecule has 0 spiro atoms. The van der Waals surface area contributed by atoms with Gasteiger partial charge in [-0.1, -0.05) is 10.3 Å². The van der Waals surface area contributed by atoms with E-state index in [0.717, 1.165) is 35.3 Å². The minimum Gasteiger partial charge on any atom is -0.478 e. The monoisotopic (exact) mass is 1100 g/mol. The lowest BCUT2D eigenvalue weighted by molar-refractivity contribution is -0.161. The minimum atomic E-state index is -5.03. The average molecular weight is 1110 g/mol. The van der Waals surface area contributed by atoms with Gasteiger partial charge in [0.2, 0.25) is 11.2 Å². The summed E-state index contributed by atoms with van der Waals surface area (Å²) in [5.41, 5.74) is 22.5. The molecule has 40 heteroatoms. The lowest BCUT2D eigenvalue weighted by atomic mass is 9.98. The number of nitrogen functional groups attached to an aromatic ring is 2. The molecule has 6 rings (SSSR count). The van der Waals surface area contributed by atoms with Gasteiger partial charge in [-0.25, -0.2) is 52.5 Å². The standard InChI is InChI=1S/C17H23N11O8S2.C16H21N9O8S2/c1-17(2,14(31)32)36-26-10(7-5-37-16(20)24-7)12(29)25-11-8(28(13(11)30)38(33,34)35)4-27-9(22-6-23-27)3-21-15(18)19;1-16(2,14(28)29)33-23-10(7-5-34-15(18)21-7)12(26)22-11-8(25(13(11)27)35(30,31)32)4-24-9(3-17)19-6-20-24/h5-6,8,11H,3-4H2,1-2H3,(H2,20,24)(H,25,29)(H,31,32)(H4,18,19,21)(H,33,34,35);5-6,8,11H,3-4,17H2,1-2H3,(H2,18,21)(H,22,26)(H,28,29)(H,30,31,32)/b26-10-;23-10-/t2*8-,11+/m11/s1. The number of aliphatic carboxylic acids is 2. The predicted octanol–water partition coefficient (Wildman–Crippen LogP) is -5.57. The lowest BCUT2D eigenvalue weighted by Crippen LogP contribution is -2.73. The van der Waals surface area contributed by atoms with E-state index in [1.165, 1.54) is 47.8 Å². The van der Waals surface area contributed by atoms with E-state index in [2.05, 4.69) is 56.1 Å². The quantitative estimate of drug-likeness (QED) is 0.0122. The maximum absolute atomic E-state index is 13.1. The highest BCUT2D eigenvalue weighted by Gasteiger charge is 2.56. The highest BCUT2D eigenvalue weighted by atomic mass is 32.2. The van der Waals surface area contributed by atoms with Crippen molar-refractivity contribution in [2.75, 3.05) is 11.5 Å². The normalized spacial score (nSPS) is 18.4. The van der Waals surface area contributed by atoms with Gasteiger partial charge in [-0.3, -0.25) is 28.3 Å². The Hall–Kier alpha value is -8.05. The number of hydrogen-bond donors (Lipinski definition) is 11. The first kappa shape index (κ1) is 55.9. The molecule has 36 nitrogen and oxygen atoms in total.